The SMILES string of the molecule is CN1CCC(c2cnc(C3CC(N)C3)[nH]2)C1. The van der Waals surface area contributed by atoms with E-state index in [9.17, 15) is 0 Å². The standard InChI is InChI=1S/C12H20N4/c1-16-3-2-8(7-16)11-6-14-12(15-11)9-4-10(13)5-9/h6,8-10H,2-5,7,13H2,1H3,(H,14,15). The molecule has 2 aliphatic rings. The van der Waals surface area contributed by atoms with Crippen LogP contribution in [0.25, 0.3) is 0 Å². The van der Waals surface area contributed by atoms with Crippen molar-refractivity contribution < 1.29 is 0 Å². The van der Waals surface area contributed by atoms with Gasteiger partial charge in [-0.25, -0.2) is 4.98 Å². The number of nitrogens with one attached hydrogen (secondary N) is 1. The highest BCUT2D eigenvalue weighted by molar-refractivity contribution is 5.14. The average molecular weight is 220 g/mol. The Bertz CT molecular complexity index is 367. The predicted molar refractivity (Wildman–Crippen MR) is 63.4 cm³/mol. The van der Waals surface area contributed by atoms with Crippen molar-refractivity contribution in [3.63, 3.8) is 0 Å². The lowest BCUT2D eigenvalue weighted by molar-refractivity contribution is 0.339. The first kappa shape index (κ1) is 10.3. The minimum atomic E-state index is 0.399. The van der Waals surface area contributed by atoms with Crippen molar-refractivity contribution in [1.29, 1.82) is 0 Å². The summed E-state index contributed by atoms with van der Waals surface area (Å²) < 4.78 is 0. The molecule has 4 heteroatoms. The minimum absolute atomic E-state index is 0.399. The van der Waals surface area contributed by atoms with Crippen LogP contribution >= 0.6 is 0 Å². The maximum atomic E-state index is 5.81. The van der Waals surface area contributed by atoms with Gasteiger partial charge in [0.05, 0.1) is 0 Å². The van der Waals surface area contributed by atoms with Crippen LogP contribution in [0.2, 0.25) is 0 Å². The largest absolute Gasteiger partial charge is 0.345 e. The lowest BCUT2D eigenvalue weighted by Gasteiger charge is -2.30. The molecule has 0 bridgehead atoms. The van der Waals surface area contributed by atoms with E-state index in [4.69, 9.17) is 5.73 Å². The fourth-order valence-corrected chi connectivity index (χ4v) is 2.84. The number of likely N-dealkylation sites (N-methyl/N-ethyl adjacent to an activating group) is 1. The zero-order valence-corrected chi connectivity index (χ0v) is 9.82. The highest BCUT2D eigenvalue weighted by atomic mass is 15.1. The number of nitrogens with two attached hydrogens (primary N) is 1. The number of aromatic nitrogens is 2. The number of imidazole rings is 1. The molecule has 1 saturated carbocycles. The van der Waals surface area contributed by atoms with Gasteiger partial charge in [0.25, 0.3) is 0 Å². The normalized spacial score (nSPS) is 35.2. The van der Waals surface area contributed by atoms with E-state index < -0.39 is 0 Å². The first-order chi connectivity index (χ1) is 7.72. The molecular weight excluding hydrogens is 200 g/mol. The molecule has 2 heterocycles. The summed E-state index contributed by atoms with van der Waals surface area (Å²) in [6.45, 7) is 2.36. The van der Waals surface area contributed by atoms with Crippen molar-refractivity contribution in [1.82, 2.24) is 14.9 Å². The van der Waals surface area contributed by atoms with Gasteiger partial charge in [-0.15, -0.1) is 0 Å². The monoisotopic (exact) mass is 220 g/mol. The third kappa shape index (κ3) is 1.76. The van der Waals surface area contributed by atoms with E-state index in [0.717, 1.165) is 25.2 Å². The smallest absolute Gasteiger partial charge is 0.109 e. The summed E-state index contributed by atoms with van der Waals surface area (Å²) in [6, 6.07) is 0.399. The Hall–Kier alpha value is -0.870. The van der Waals surface area contributed by atoms with Crippen molar-refractivity contribution >= 4 is 0 Å². The second kappa shape index (κ2) is 3.86. The Morgan fingerprint density at radius 1 is 1.44 bits per heavy atom. The van der Waals surface area contributed by atoms with Gasteiger partial charge in [0.1, 0.15) is 5.82 Å². The fraction of sp³-hybridized carbons (Fsp3) is 0.750. The van der Waals surface area contributed by atoms with Crippen molar-refractivity contribution in [3.8, 4) is 0 Å². The van der Waals surface area contributed by atoms with Crippen molar-refractivity contribution in [3.05, 3.63) is 17.7 Å². The number of hydrogen-bond donors (Lipinski definition) is 2. The summed E-state index contributed by atoms with van der Waals surface area (Å²) in [7, 11) is 2.18. The number of H-pyrrole nitrogens is 1. The van der Waals surface area contributed by atoms with Gasteiger partial charge in [0.2, 0.25) is 0 Å². The van der Waals surface area contributed by atoms with Crippen LogP contribution in [0, 0.1) is 0 Å². The summed E-state index contributed by atoms with van der Waals surface area (Å²) in [4.78, 5) is 10.4. The molecule has 2 fully saturated rings. The molecule has 1 aliphatic heterocycles. The summed E-state index contributed by atoms with van der Waals surface area (Å²) in [5, 5.41) is 0. The van der Waals surface area contributed by atoms with Gasteiger partial charge in [-0.2, -0.15) is 0 Å². The molecule has 1 aliphatic carbocycles. The fourth-order valence-electron chi connectivity index (χ4n) is 2.84. The third-order valence-corrected chi connectivity index (χ3v) is 4.01. The van der Waals surface area contributed by atoms with Crippen LogP contribution in [0.4, 0.5) is 0 Å². The molecule has 0 radical (unpaired) electrons. The maximum absolute atomic E-state index is 5.81. The Balaban J connectivity index is 1.68. The molecule has 1 aromatic rings. The molecule has 0 aromatic carbocycles. The quantitative estimate of drug-likeness (QED) is 0.782. The maximum Gasteiger partial charge on any atom is 0.109 e. The second-order valence-electron chi connectivity index (χ2n) is 5.40. The number of hydrogen-bond acceptors (Lipinski definition) is 3. The van der Waals surface area contributed by atoms with Crippen molar-refractivity contribution in [2.75, 3.05) is 20.1 Å². The van der Waals surface area contributed by atoms with Crippen molar-refractivity contribution in [2.24, 2.45) is 5.73 Å². The Morgan fingerprint density at radius 2 is 2.25 bits per heavy atom. The predicted octanol–water partition coefficient (Wildman–Crippen LogP) is 1.03. The Morgan fingerprint density at radius 3 is 2.88 bits per heavy atom. The Labute approximate surface area is 96.2 Å². The lowest BCUT2D eigenvalue weighted by Crippen LogP contribution is -2.35. The third-order valence-electron chi connectivity index (χ3n) is 4.01. The van der Waals surface area contributed by atoms with Gasteiger partial charge in [-0.3, -0.25) is 0 Å². The van der Waals surface area contributed by atoms with Crippen LogP contribution in [-0.2, 0) is 0 Å². The molecule has 3 rings (SSSR count). The zero-order valence-electron chi connectivity index (χ0n) is 9.82. The average Bonchev–Trinajstić information content (AvgIpc) is 2.81. The van der Waals surface area contributed by atoms with Crippen LogP contribution in [0.15, 0.2) is 6.20 Å². The molecule has 1 atom stereocenters. The minimum Gasteiger partial charge on any atom is -0.345 e. The van der Waals surface area contributed by atoms with Gasteiger partial charge in [-0.1, -0.05) is 0 Å². The van der Waals surface area contributed by atoms with Crippen LogP contribution in [0.3, 0.4) is 0 Å². The molecule has 3 N–H and O–H groups in total. The van der Waals surface area contributed by atoms with E-state index in [1.807, 2.05) is 6.20 Å². The molecule has 16 heavy (non-hydrogen) atoms. The molecule has 0 spiro atoms. The van der Waals surface area contributed by atoms with E-state index in [1.165, 1.54) is 18.7 Å². The highest BCUT2D eigenvalue weighted by Gasteiger charge is 2.30. The van der Waals surface area contributed by atoms with Gasteiger partial charge < -0.3 is 15.6 Å². The molecule has 88 valence electrons. The number of rotatable bonds is 2. The second-order valence-corrected chi connectivity index (χ2v) is 5.40. The van der Waals surface area contributed by atoms with E-state index >= 15 is 0 Å². The van der Waals surface area contributed by atoms with E-state index in [2.05, 4.69) is 21.9 Å². The lowest BCUT2D eigenvalue weighted by atomic mass is 9.80. The summed E-state index contributed by atoms with van der Waals surface area (Å²) >= 11 is 0. The molecule has 1 aromatic heterocycles. The first-order valence-electron chi connectivity index (χ1n) is 6.21. The van der Waals surface area contributed by atoms with E-state index in [0.29, 0.717) is 17.9 Å². The summed E-state index contributed by atoms with van der Waals surface area (Å²) in [6.07, 6.45) is 5.47. The number of likely N-dealkylation sites (tertiary alicyclic amines) is 1. The molecular formula is C12H20N4. The molecule has 0 amide bonds. The van der Waals surface area contributed by atoms with Crippen molar-refractivity contribution in [2.45, 2.75) is 37.1 Å². The van der Waals surface area contributed by atoms with Crippen LogP contribution in [-0.4, -0.2) is 41.0 Å². The van der Waals surface area contributed by atoms with Gasteiger partial charge in [0, 0.05) is 36.3 Å². The first-order valence-corrected chi connectivity index (χ1v) is 6.21. The van der Waals surface area contributed by atoms with Crippen LogP contribution < -0.4 is 5.73 Å². The highest BCUT2D eigenvalue weighted by Crippen LogP contribution is 2.35. The number of aromatic amines is 1. The topological polar surface area (TPSA) is 57.9 Å². The van der Waals surface area contributed by atoms with E-state index in [1.54, 1.807) is 0 Å². The van der Waals surface area contributed by atoms with Crippen LogP contribution in [0.5, 0.6) is 0 Å². The van der Waals surface area contributed by atoms with Gasteiger partial charge >= 0.3 is 0 Å². The summed E-state index contributed by atoms with van der Waals surface area (Å²) in [5.41, 5.74) is 7.12. The van der Waals surface area contributed by atoms with E-state index in [-0.39, 0.29) is 0 Å². The van der Waals surface area contributed by atoms with Gasteiger partial charge in [0.15, 0.2) is 0 Å². The summed E-state index contributed by atoms with van der Waals surface area (Å²) in [5.74, 6) is 2.40. The molecule has 1 saturated heterocycles. The molecule has 4 nitrogen and oxygen atoms in total. The molecule has 1 unspecified atom stereocenters. The zero-order chi connectivity index (χ0) is 11.1. The van der Waals surface area contributed by atoms with Gasteiger partial charge in [-0.05, 0) is 32.9 Å². The number of nitrogens with zero attached hydrogens (tertiary/aromatic N) is 2. The van der Waals surface area contributed by atoms with Crippen LogP contribution in [0.1, 0.15) is 42.6 Å². The Kier molecular flexibility index (Phi) is 2.48.